The van der Waals surface area contributed by atoms with Gasteiger partial charge in [-0.3, -0.25) is 4.79 Å². The van der Waals surface area contributed by atoms with Crippen LogP contribution in [0, 0.1) is 0 Å². The molecule has 1 heterocycles. The second-order valence-electron chi connectivity index (χ2n) is 4.78. The normalized spacial score (nSPS) is 23.7. The van der Waals surface area contributed by atoms with Crippen molar-refractivity contribution in [2.75, 3.05) is 13.7 Å². The van der Waals surface area contributed by atoms with Gasteiger partial charge >= 0.3 is 5.97 Å². The van der Waals surface area contributed by atoms with Crippen LogP contribution in [0.25, 0.3) is 6.08 Å². The zero-order valence-electron chi connectivity index (χ0n) is 11.5. The topological polar surface area (TPSA) is 83.9 Å². The van der Waals surface area contributed by atoms with E-state index in [2.05, 4.69) is 0 Å². The highest BCUT2D eigenvalue weighted by Crippen LogP contribution is 2.24. The molecule has 2 rings (SSSR count). The number of aliphatic carboxylic acids is 1. The van der Waals surface area contributed by atoms with Gasteiger partial charge in [-0.2, -0.15) is 4.31 Å². The number of nitrogens with zero attached hydrogens (tertiary/aromatic N) is 1. The summed E-state index contributed by atoms with van der Waals surface area (Å²) >= 11 is 0. The molecule has 1 fully saturated rings. The van der Waals surface area contributed by atoms with Crippen molar-refractivity contribution in [1.82, 2.24) is 4.31 Å². The molecule has 0 radical (unpaired) electrons. The Kier molecular flexibility index (Phi) is 4.76. The molecule has 1 saturated heterocycles. The molecule has 0 bridgehead atoms. The fourth-order valence-electron chi connectivity index (χ4n) is 2.25. The van der Waals surface area contributed by atoms with Crippen LogP contribution in [0.3, 0.4) is 0 Å². The lowest BCUT2D eigenvalue weighted by Gasteiger charge is -2.18. The van der Waals surface area contributed by atoms with Gasteiger partial charge in [0.15, 0.2) is 0 Å². The van der Waals surface area contributed by atoms with Gasteiger partial charge in [0.1, 0.15) is 6.04 Å². The van der Waals surface area contributed by atoms with Gasteiger partial charge in [0.05, 0.1) is 6.10 Å². The lowest BCUT2D eigenvalue weighted by atomic mass is 10.2. The Bertz CT molecular complexity index is 626. The van der Waals surface area contributed by atoms with Crippen LogP contribution >= 0.6 is 0 Å². The van der Waals surface area contributed by atoms with Crippen molar-refractivity contribution >= 4 is 22.1 Å². The minimum atomic E-state index is -3.80. The summed E-state index contributed by atoms with van der Waals surface area (Å²) in [5.41, 5.74) is 0.732. The summed E-state index contributed by atoms with van der Waals surface area (Å²) in [6, 6.07) is 7.87. The van der Waals surface area contributed by atoms with E-state index in [9.17, 15) is 13.2 Å². The monoisotopic (exact) mass is 311 g/mol. The minimum Gasteiger partial charge on any atom is -0.480 e. The van der Waals surface area contributed by atoms with Gasteiger partial charge in [-0.25, -0.2) is 8.42 Å². The number of benzene rings is 1. The number of methoxy groups -OCH3 is 1. The van der Waals surface area contributed by atoms with Gasteiger partial charge in [0.2, 0.25) is 10.0 Å². The van der Waals surface area contributed by atoms with Crippen LogP contribution in [0.2, 0.25) is 0 Å². The molecule has 114 valence electrons. The number of ether oxygens (including phenoxy) is 1. The van der Waals surface area contributed by atoms with Crippen molar-refractivity contribution in [3.05, 3.63) is 41.3 Å². The summed E-state index contributed by atoms with van der Waals surface area (Å²) in [6.45, 7) is 0.0505. The number of sulfonamides is 1. The Morgan fingerprint density at radius 3 is 2.62 bits per heavy atom. The Balaban J connectivity index is 2.22. The standard InChI is InChI=1S/C14H17NO5S/c1-20-12-9-13(14(16)17)15(10-12)21(18,19)8-7-11-5-3-2-4-6-11/h2-8,12-13H,9-10H2,1H3,(H,16,17)/b8-7+. The van der Waals surface area contributed by atoms with Gasteiger partial charge in [0, 0.05) is 25.5 Å². The predicted molar refractivity (Wildman–Crippen MR) is 77.9 cm³/mol. The Morgan fingerprint density at radius 2 is 2.05 bits per heavy atom. The Morgan fingerprint density at radius 1 is 1.38 bits per heavy atom. The fourth-order valence-corrected chi connectivity index (χ4v) is 3.64. The maximum absolute atomic E-state index is 12.3. The van der Waals surface area contributed by atoms with Crippen molar-refractivity contribution in [3.8, 4) is 0 Å². The van der Waals surface area contributed by atoms with Gasteiger partial charge in [-0.15, -0.1) is 0 Å². The van der Waals surface area contributed by atoms with E-state index < -0.39 is 28.1 Å². The van der Waals surface area contributed by atoms with E-state index in [-0.39, 0.29) is 13.0 Å². The summed E-state index contributed by atoms with van der Waals surface area (Å²) < 4.78 is 30.7. The fraction of sp³-hybridized carbons (Fsp3) is 0.357. The molecular weight excluding hydrogens is 294 g/mol. The molecule has 1 N–H and O–H groups in total. The first-order valence-electron chi connectivity index (χ1n) is 6.44. The summed E-state index contributed by atoms with van der Waals surface area (Å²) in [4.78, 5) is 11.2. The highest BCUT2D eigenvalue weighted by atomic mass is 32.2. The summed E-state index contributed by atoms with van der Waals surface area (Å²) in [6.07, 6.45) is 1.21. The molecule has 7 heteroatoms. The summed E-state index contributed by atoms with van der Waals surface area (Å²) in [5.74, 6) is -1.16. The molecule has 6 nitrogen and oxygen atoms in total. The first kappa shape index (κ1) is 15.7. The molecule has 0 aromatic heterocycles. The van der Waals surface area contributed by atoms with Crippen LogP contribution < -0.4 is 0 Å². The van der Waals surface area contributed by atoms with E-state index in [1.54, 1.807) is 24.3 Å². The largest absolute Gasteiger partial charge is 0.480 e. The van der Waals surface area contributed by atoms with Crippen LogP contribution in [0.1, 0.15) is 12.0 Å². The smallest absolute Gasteiger partial charge is 0.322 e. The molecule has 0 aliphatic carbocycles. The maximum Gasteiger partial charge on any atom is 0.322 e. The molecule has 1 aliphatic heterocycles. The molecule has 1 aromatic rings. The van der Waals surface area contributed by atoms with Crippen molar-refractivity contribution in [2.45, 2.75) is 18.6 Å². The van der Waals surface area contributed by atoms with E-state index in [1.807, 2.05) is 6.07 Å². The molecule has 0 amide bonds. The highest BCUT2D eigenvalue weighted by molar-refractivity contribution is 7.92. The first-order valence-corrected chi connectivity index (χ1v) is 7.95. The summed E-state index contributed by atoms with van der Waals surface area (Å²) in [7, 11) is -2.36. The van der Waals surface area contributed by atoms with Gasteiger partial charge < -0.3 is 9.84 Å². The minimum absolute atomic E-state index is 0.0505. The van der Waals surface area contributed by atoms with Crippen LogP contribution in [0.4, 0.5) is 0 Å². The predicted octanol–water partition coefficient (Wildman–Crippen LogP) is 1.16. The molecule has 1 aliphatic rings. The van der Waals surface area contributed by atoms with Crippen molar-refractivity contribution < 1.29 is 23.1 Å². The molecule has 0 spiro atoms. The average molecular weight is 311 g/mol. The molecule has 0 saturated carbocycles. The number of hydrogen-bond acceptors (Lipinski definition) is 4. The second-order valence-corrected chi connectivity index (χ2v) is 6.55. The third-order valence-corrected chi connectivity index (χ3v) is 4.93. The zero-order chi connectivity index (χ0) is 15.5. The maximum atomic E-state index is 12.3. The van der Waals surface area contributed by atoms with Crippen molar-refractivity contribution in [3.63, 3.8) is 0 Å². The molecule has 1 aromatic carbocycles. The van der Waals surface area contributed by atoms with Gasteiger partial charge in [-0.05, 0) is 11.6 Å². The number of carbonyl (C=O) groups is 1. The molecule has 21 heavy (non-hydrogen) atoms. The Labute approximate surface area is 123 Å². The van der Waals surface area contributed by atoms with E-state index in [4.69, 9.17) is 9.84 Å². The number of carboxylic acids is 1. The number of carboxylic acid groups (broad SMARTS) is 1. The molecular formula is C14H17NO5S. The third kappa shape index (κ3) is 3.69. The lowest BCUT2D eigenvalue weighted by molar-refractivity contribution is -0.140. The highest BCUT2D eigenvalue weighted by Gasteiger charge is 2.42. The zero-order valence-corrected chi connectivity index (χ0v) is 12.4. The number of rotatable bonds is 5. The first-order chi connectivity index (χ1) is 9.94. The van der Waals surface area contributed by atoms with Crippen LogP contribution in [-0.2, 0) is 19.6 Å². The van der Waals surface area contributed by atoms with E-state index in [0.29, 0.717) is 0 Å². The van der Waals surface area contributed by atoms with Crippen molar-refractivity contribution in [2.24, 2.45) is 0 Å². The van der Waals surface area contributed by atoms with Crippen LogP contribution in [0.15, 0.2) is 35.7 Å². The second kappa shape index (κ2) is 6.38. The van der Waals surface area contributed by atoms with Crippen LogP contribution in [0.5, 0.6) is 0 Å². The van der Waals surface area contributed by atoms with Crippen LogP contribution in [-0.4, -0.2) is 49.6 Å². The summed E-state index contributed by atoms with van der Waals surface area (Å²) in [5, 5.41) is 10.2. The van der Waals surface area contributed by atoms with Gasteiger partial charge in [0.25, 0.3) is 0 Å². The molecule has 2 atom stereocenters. The molecule has 2 unspecified atom stereocenters. The van der Waals surface area contributed by atoms with E-state index in [1.165, 1.54) is 13.2 Å². The average Bonchev–Trinajstić information content (AvgIpc) is 2.92. The van der Waals surface area contributed by atoms with Gasteiger partial charge in [-0.1, -0.05) is 30.3 Å². The van der Waals surface area contributed by atoms with Crippen molar-refractivity contribution in [1.29, 1.82) is 0 Å². The Hall–Kier alpha value is -1.70. The third-order valence-electron chi connectivity index (χ3n) is 3.39. The number of hydrogen-bond donors (Lipinski definition) is 1. The lowest BCUT2D eigenvalue weighted by Crippen LogP contribution is -2.39. The van der Waals surface area contributed by atoms with E-state index in [0.717, 1.165) is 15.3 Å². The van der Waals surface area contributed by atoms with E-state index >= 15 is 0 Å². The quantitative estimate of drug-likeness (QED) is 0.882. The SMILES string of the molecule is COC1CC(C(=O)O)N(S(=O)(=O)/C=C/c2ccccc2)C1.